The third-order valence-corrected chi connectivity index (χ3v) is 8.51. The molecule has 2 aliphatic heterocycles. The van der Waals surface area contributed by atoms with Crippen molar-refractivity contribution in [3.05, 3.63) is 81.7 Å². The Kier molecular flexibility index (Phi) is 7.68. The molecule has 2 fully saturated rings. The number of ether oxygens (including phenoxy) is 1. The standard InChI is InChI=1S/C29H27Cl3N6O3/c1-41-27-16-26(35-7-2-3-8-35)23(32)15-22(27)28(39)36-9-4-21(5-10-36)37-11-6-25(29(37)40)38-17-24(33-34-38)18-12-19(30)14-20(31)13-18/h2-3,7-8,12-17,21,25H,4-6,9-11H2,1H3. The maximum absolute atomic E-state index is 13.5. The topological polar surface area (TPSA) is 85.5 Å². The van der Waals surface area contributed by atoms with E-state index in [-0.39, 0.29) is 17.9 Å². The minimum atomic E-state index is -0.421. The van der Waals surface area contributed by atoms with Crippen LogP contribution in [0.5, 0.6) is 5.75 Å². The van der Waals surface area contributed by atoms with Crippen LogP contribution in [-0.4, -0.2) is 74.0 Å². The first-order chi connectivity index (χ1) is 19.8. The summed E-state index contributed by atoms with van der Waals surface area (Å²) in [7, 11) is 1.54. The molecule has 0 N–H and O–H groups in total. The number of benzene rings is 2. The highest BCUT2D eigenvalue weighted by Crippen LogP contribution is 2.33. The summed E-state index contributed by atoms with van der Waals surface area (Å²) in [6.45, 7) is 1.69. The summed E-state index contributed by atoms with van der Waals surface area (Å²) < 4.78 is 9.06. The van der Waals surface area contributed by atoms with Crippen LogP contribution in [0, 0.1) is 0 Å². The van der Waals surface area contributed by atoms with Crippen molar-refractivity contribution in [2.45, 2.75) is 31.3 Å². The van der Waals surface area contributed by atoms with Gasteiger partial charge in [-0.05, 0) is 55.7 Å². The van der Waals surface area contributed by atoms with Crippen molar-refractivity contribution in [2.75, 3.05) is 26.7 Å². The van der Waals surface area contributed by atoms with Gasteiger partial charge in [0, 0.05) is 59.7 Å². The van der Waals surface area contributed by atoms with Gasteiger partial charge in [0.05, 0.1) is 29.6 Å². The highest BCUT2D eigenvalue weighted by molar-refractivity contribution is 6.35. The molecular formula is C29H27Cl3N6O3. The van der Waals surface area contributed by atoms with E-state index in [0.717, 1.165) is 11.3 Å². The van der Waals surface area contributed by atoms with E-state index in [1.54, 1.807) is 53.2 Å². The van der Waals surface area contributed by atoms with Crippen LogP contribution < -0.4 is 4.74 Å². The van der Waals surface area contributed by atoms with E-state index in [1.165, 1.54) is 0 Å². The molecule has 4 heterocycles. The summed E-state index contributed by atoms with van der Waals surface area (Å²) in [5.74, 6) is 0.350. The number of aromatic nitrogens is 4. The maximum Gasteiger partial charge on any atom is 0.257 e. The van der Waals surface area contributed by atoms with Crippen LogP contribution in [0.4, 0.5) is 0 Å². The summed E-state index contributed by atoms with van der Waals surface area (Å²) in [6, 6.07) is 12.1. The minimum Gasteiger partial charge on any atom is -0.496 e. The number of likely N-dealkylation sites (tertiary alicyclic amines) is 2. The highest BCUT2D eigenvalue weighted by atomic mass is 35.5. The Morgan fingerprint density at radius 1 is 0.951 bits per heavy atom. The molecule has 0 spiro atoms. The Morgan fingerprint density at radius 2 is 1.66 bits per heavy atom. The smallest absolute Gasteiger partial charge is 0.257 e. The molecule has 9 nitrogen and oxygen atoms in total. The van der Waals surface area contributed by atoms with E-state index in [1.807, 2.05) is 34.0 Å². The Labute approximate surface area is 252 Å². The van der Waals surface area contributed by atoms with Gasteiger partial charge in [-0.25, -0.2) is 4.68 Å². The summed E-state index contributed by atoms with van der Waals surface area (Å²) in [4.78, 5) is 30.6. The van der Waals surface area contributed by atoms with Crippen molar-refractivity contribution in [1.29, 1.82) is 0 Å². The van der Waals surface area contributed by atoms with Crippen LogP contribution in [0.1, 0.15) is 35.7 Å². The van der Waals surface area contributed by atoms with Crippen LogP contribution in [0.2, 0.25) is 15.1 Å². The SMILES string of the molecule is COc1cc(-n2cccc2)c(Cl)cc1C(=O)N1CCC(N2CCC(n3cc(-c4cc(Cl)cc(Cl)c4)nn3)C2=O)CC1. The van der Waals surface area contributed by atoms with Gasteiger partial charge in [0.2, 0.25) is 5.91 Å². The van der Waals surface area contributed by atoms with Crippen LogP contribution in [-0.2, 0) is 4.79 Å². The second kappa shape index (κ2) is 11.4. The molecule has 2 aromatic heterocycles. The van der Waals surface area contributed by atoms with Crippen LogP contribution in [0.15, 0.2) is 61.1 Å². The largest absolute Gasteiger partial charge is 0.496 e. The van der Waals surface area contributed by atoms with Gasteiger partial charge in [0.25, 0.3) is 5.91 Å². The van der Waals surface area contributed by atoms with E-state index in [0.29, 0.717) is 71.0 Å². The van der Waals surface area contributed by atoms with Crippen molar-refractivity contribution in [1.82, 2.24) is 29.4 Å². The summed E-state index contributed by atoms with van der Waals surface area (Å²) in [5, 5.41) is 9.95. The Morgan fingerprint density at radius 3 is 2.34 bits per heavy atom. The second-order valence-electron chi connectivity index (χ2n) is 10.2. The minimum absolute atomic E-state index is 0.0180. The zero-order valence-corrected chi connectivity index (χ0v) is 24.5. The second-order valence-corrected chi connectivity index (χ2v) is 11.5. The Balaban J connectivity index is 1.10. The summed E-state index contributed by atoms with van der Waals surface area (Å²) in [6.07, 6.45) is 7.54. The van der Waals surface area contributed by atoms with Gasteiger partial charge in [0.15, 0.2) is 0 Å². The fourth-order valence-corrected chi connectivity index (χ4v) is 6.47. The lowest BCUT2D eigenvalue weighted by molar-refractivity contribution is -0.133. The third-order valence-electron chi connectivity index (χ3n) is 7.77. The summed E-state index contributed by atoms with van der Waals surface area (Å²) >= 11 is 18.8. The molecule has 2 amide bonds. The molecule has 0 aliphatic carbocycles. The number of rotatable bonds is 6. The van der Waals surface area contributed by atoms with E-state index in [4.69, 9.17) is 39.5 Å². The maximum atomic E-state index is 13.5. The first-order valence-electron chi connectivity index (χ1n) is 13.3. The predicted octanol–water partition coefficient (Wildman–Crippen LogP) is 5.78. The van der Waals surface area contributed by atoms with Crippen molar-refractivity contribution in [3.8, 4) is 22.7 Å². The van der Waals surface area contributed by atoms with Gasteiger partial charge in [-0.2, -0.15) is 0 Å². The number of hydrogen-bond donors (Lipinski definition) is 0. The molecule has 1 unspecified atom stereocenters. The van der Waals surface area contributed by atoms with Crippen molar-refractivity contribution in [3.63, 3.8) is 0 Å². The first-order valence-corrected chi connectivity index (χ1v) is 14.4. The third kappa shape index (κ3) is 5.41. The van der Waals surface area contributed by atoms with E-state index < -0.39 is 6.04 Å². The van der Waals surface area contributed by atoms with E-state index in [9.17, 15) is 9.59 Å². The summed E-state index contributed by atoms with van der Waals surface area (Å²) in [5.41, 5.74) is 2.50. The average Bonchev–Trinajstić information content (AvgIpc) is 3.74. The van der Waals surface area contributed by atoms with Crippen molar-refractivity contribution in [2.24, 2.45) is 0 Å². The van der Waals surface area contributed by atoms with Gasteiger partial charge in [-0.1, -0.05) is 40.0 Å². The number of carbonyl (C=O) groups is 2. The Hall–Kier alpha value is -3.53. The Bertz CT molecular complexity index is 1580. The molecule has 0 radical (unpaired) electrons. The van der Waals surface area contributed by atoms with Crippen LogP contribution in [0.3, 0.4) is 0 Å². The van der Waals surface area contributed by atoms with Crippen LogP contribution in [0.25, 0.3) is 16.9 Å². The number of carbonyl (C=O) groups excluding carboxylic acids is 2. The lowest BCUT2D eigenvalue weighted by Crippen LogP contribution is -2.47. The molecule has 0 saturated carbocycles. The van der Waals surface area contributed by atoms with Gasteiger partial charge < -0.3 is 19.1 Å². The fraction of sp³-hybridized carbons (Fsp3) is 0.310. The normalized spacial score (nSPS) is 17.9. The average molecular weight is 614 g/mol. The number of halogens is 3. The zero-order chi connectivity index (χ0) is 28.7. The van der Waals surface area contributed by atoms with Gasteiger partial charge in [0.1, 0.15) is 17.5 Å². The molecule has 212 valence electrons. The van der Waals surface area contributed by atoms with E-state index >= 15 is 0 Å². The molecule has 1 atom stereocenters. The monoisotopic (exact) mass is 612 g/mol. The predicted molar refractivity (Wildman–Crippen MR) is 157 cm³/mol. The number of nitrogens with zero attached hydrogens (tertiary/aromatic N) is 6. The molecule has 2 aromatic carbocycles. The molecule has 12 heteroatoms. The van der Waals surface area contributed by atoms with Crippen molar-refractivity contribution >= 4 is 46.6 Å². The molecular weight excluding hydrogens is 587 g/mol. The molecule has 4 aromatic rings. The fourth-order valence-electron chi connectivity index (χ4n) is 5.68. The molecule has 2 saturated heterocycles. The zero-order valence-electron chi connectivity index (χ0n) is 22.2. The molecule has 6 rings (SSSR count). The lowest BCUT2D eigenvalue weighted by Gasteiger charge is -2.37. The quantitative estimate of drug-likeness (QED) is 0.275. The van der Waals surface area contributed by atoms with Gasteiger partial charge in [-0.3, -0.25) is 9.59 Å². The molecule has 0 bridgehead atoms. The number of piperidine rings is 1. The van der Waals surface area contributed by atoms with Gasteiger partial charge >= 0.3 is 0 Å². The lowest BCUT2D eigenvalue weighted by atomic mass is 10.0. The van der Waals surface area contributed by atoms with E-state index in [2.05, 4.69) is 10.3 Å². The first kappa shape index (κ1) is 27.6. The van der Waals surface area contributed by atoms with Crippen LogP contribution >= 0.6 is 34.8 Å². The van der Waals surface area contributed by atoms with Crippen molar-refractivity contribution < 1.29 is 14.3 Å². The van der Waals surface area contributed by atoms with Gasteiger partial charge in [-0.15, -0.1) is 5.10 Å². The molecule has 41 heavy (non-hydrogen) atoms. The number of amides is 2. The number of hydrogen-bond acceptors (Lipinski definition) is 5. The molecule has 2 aliphatic rings. The number of methoxy groups -OCH3 is 1. The highest BCUT2D eigenvalue weighted by Gasteiger charge is 2.39.